The van der Waals surface area contributed by atoms with E-state index >= 15 is 0 Å². The highest BCUT2D eigenvalue weighted by Gasteiger charge is 2.03. The highest BCUT2D eigenvalue weighted by Crippen LogP contribution is 2.29. The lowest BCUT2D eigenvalue weighted by atomic mass is 10.2. The molecule has 0 aliphatic heterocycles. The molecule has 5 heteroatoms. The molecule has 0 aliphatic rings. The Hall–Kier alpha value is -2.20. The molecule has 20 heavy (non-hydrogen) atoms. The molecule has 0 heterocycles. The molecule has 0 radical (unpaired) electrons. The monoisotopic (exact) mass is 292 g/mol. The molecule has 0 bridgehead atoms. The molecule has 0 saturated carbocycles. The Morgan fingerprint density at radius 1 is 1.20 bits per heavy atom. The van der Waals surface area contributed by atoms with Crippen molar-refractivity contribution < 1.29 is 9.53 Å². The van der Waals surface area contributed by atoms with Crippen LogP contribution in [0.15, 0.2) is 42.5 Å². The van der Waals surface area contributed by atoms with Crippen LogP contribution in [-0.4, -0.2) is 5.91 Å². The van der Waals surface area contributed by atoms with Gasteiger partial charge in [-0.2, -0.15) is 0 Å². The van der Waals surface area contributed by atoms with E-state index in [0.717, 1.165) is 5.56 Å². The predicted molar refractivity (Wildman–Crippen MR) is 83.7 cm³/mol. The van der Waals surface area contributed by atoms with Crippen LogP contribution in [0.3, 0.4) is 0 Å². The van der Waals surface area contributed by atoms with Crippen molar-refractivity contribution in [3.63, 3.8) is 0 Å². The lowest BCUT2D eigenvalue weighted by molar-refractivity contribution is -0.114. The standard InChI is InChI=1S/C15H16N2O2.ClH/c1-10-6-7-15(14(16)8-10)19-13-5-3-4-12(9-13)17-11(2)18;/h3-9H,16H2,1-2H3,(H,17,18);1H. The summed E-state index contributed by atoms with van der Waals surface area (Å²) in [6.45, 7) is 3.43. The number of hydrogen-bond donors (Lipinski definition) is 2. The molecule has 4 nitrogen and oxygen atoms in total. The first-order valence-corrected chi connectivity index (χ1v) is 5.96. The number of carbonyl (C=O) groups is 1. The van der Waals surface area contributed by atoms with E-state index in [9.17, 15) is 4.79 Å². The molecule has 0 atom stereocenters. The summed E-state index contributed by atoms with van der Waals surface area (Å²) in [7, 11) is 0. The predicted octanol–water partition coefficient (Wildman–Crippen LogP) is 3.75. The Balaban J connectivity index is 0.00000200. The summed E-state index contributed by atoms with van der Waals surface area (Å²) < 4.78 is 5.71. The maximum absolute atomic E-state index is 11.0. The number of hydrogen-bond acceptors (Lipinski definition) is 3. The number of benzene rings is 2. The van der Waals surface area contributed by atoms with E-state index in [0.29, 0.717) is 22.9 Å². The maximum atomic E-state index is 11.0. The molecule has 0 spiro atoms. The molecular weight excluding hydrogens is 276 g/mol. The molecule has 2 rings (SSSR count). The first-order valence-electron chi connectivity index (χ1n) is 5.96. The molecular formula is C15H17ClN2O2. The lowest BCUT2D eigenvalue weighted by Gasteiger charge is -2.10. The second kappa shape index (κ2) is 6.82. The number of rotatable bonds is 3. The zero-order valence-electron chi connectivity index (χ0n) is 11.3. The number of nitrogens with two attached hydrogens (primary N) is 1. The number of amides is 1. The average molecular weight is 293 g/mol. The van der Waals surface area contributed by atoms with E-state index in [1.54, 1.807) is 12.1 Å². The minimum Gasteiger partial charge on any atom is -0.455 e. The molecule has 0 fully saturated rings. The number of nitrogen functional groups attached to an aromatic ring is 1. The fourth-order valence-electron chi connectivity index (χ4n) is 1.73. The molecule has 1 amide bonds. The third-order valence-electron chi connectivity index (χ3n) is 2.55. The molecule has 2 aromatic rings. The van der Waals surface area contributed by atoms with Crippen LogP contribution in [0.1, 0.15) is 12.5 Å². The summed E-state index contributed by atoms with van der Waals surface area (Å²) in [6, 6.07) is 12.8. The molecule has 106 valence electrons. The number of ether oxygens (including phenoxy) is 1. The molecule has 0 unspecified atom stereocenters. The van der Waals surface area contributed by atoms with Gasteiger partial charge in [-0.3, -0.25) is 4.79 Å². The quantitative estimate of drug-likeness (QED) is 0.847. The zero-order valence-corrected chi connectivity index (χ0v) is 12.2. The van der Waals surface area contributed by atoms with Crippen molar-refractivity contribution in [2.75, 3.05) is 11.1 Å². The van der Waals surface area contributed by atoms with E-state index in [4.69, 9.17) is 10.5 Å². The van der Waals surface area contributed by atoms with Gasteiger partial charge < -0.3 is 15.8 Å². The number of carbonyl (C=O) groups excluding carboxylic acids is 1. The van der Waals surface area contributed by atoms with E-state index in [-0.39, 0.29) is 18.3 Å². The second-order valence-corrected chi connectivity index (χ2v) is 4.35. The van der Waals surface area contributed by atoms with Gasteiger partial charge in [-0.25, -0.2) is 0 Å². The summed E-state index contributed by atoms with van der Waals surface area (Å²) in [5, 5.41) is 2.70. The molecule has 2 aromatic carbocycles. The normalized spacial score (nSPS) is 9.50. The lowest BCUT2D eigenvalue weighted by Crippen LogP contribution is -2.05. The number of anilines is 2. The van der Waals surface area contributed by atoms with Crippen LogP contribution in [0, 0.1) is 6.92 Å². The fraction of sp³-hybridized carbons (Fsp3) is 0.133. The Kier molecular flexibility index (Phi) is 5.41. The highest BCUT2D eigenvalue weighted by molar-refractivity contribution is 5.88. The van der Waals surface area contributed by atoms with E-state index in [1.807, 2.05) is 37.3 Å². The van der Waals surface area contributed by atoms with E-state index in [1.165, 1.54) is 6.92 Å². The van der Waals surface area contributed by atoms with Gasteiger partial charge in [0.15, 0.2) is 0 Å². The third kappa shape index (κ3) is 4.17. The third-order valence-corrected chi connectivity index (χ3v) is 2.55. The summed E-state index contributed by atoms with van der Waals surface area (Å²) in [4.78, 5) is 11.0. The van der Waals surface area contributed by atoms with E-state index < -0.39 is 0 Å². The SMILES string of the molecule is CC(=O)Nc1cccc(Oc2ccc(C)cc2N)c1.Cl. The Morgan fingerprint density at radius 3 is 2.60 bits per heavy atom. The molecule has 0 saturated heterocycles. The van der Waals surface area contributed by atoms with Crippen molar-refractivity contribution in [1.29, 1.82) is 0 Å². The minimum atomic E-state index is -0.119. The van der Waals surface area contributed by atoms with Crippen molar-refractivity contribution in [2.24, 2.45) is 0 Å². The van der Waals surface area contributed by atoms with Crippen molar-refractivity contribution in [2.45, 2.75) is 13.8 Å². The topological polar surface area (TPSA) is 64.3 Å². The maximum Gasteiger partial charge on any atom is 0.221 e. The van der Waals surface area contributed by atoms with Crippen LogP contribution >= 0.6 is 12.4 Å². The van der Waals surface area contributed by atoms with Gasteiger partial charge in [-0.15, -0.1) is 12.4 Å². The summed E-state index contributed by atoms with van der Waals surface area (Å²) in [6.07, 6.45) is 0. The summed E-state index contributed by atoms with van der Waals surface area (Å²) >= 11 is 0. The highest BCUT2D eigenvalue weighted by atomic mass is 35.5. The van der Waals surface area contributed by atoms with Gasteiger partial charge >= 0.3 is 0 Å². The first-order chi connectivity index (χ1) is 9.04. The van der Waals surface area contributed by atoms with Crippen LogP contribution in [0.5, 0.6) is 11.5 Å². The molecule has 0 aromatic heterocycles. The van der Waals surface area contributed by atoms with Crippen molar-refractivity contribution in [3.8, 4) is 11.5 Å². The van der Waals surface area contributed by atoms with Gasteiger partial charge in [0.1, 0.15) is 11.5 Å². The summed E-state index contributed by atoms with van der Waals surface area (Å²) in [5.74, 6) is 1.11. The number of aryl methyl sites for hydroxylation is 1. The Morgan fingerprint density at radius 2 is 1.95 bits per heavy atom. The Labute approximate surface area is 124 Å². The van der Waals surface area contributed by atoms with Gasteiger partial charge in [0, 0.05) is 18.7 Å². The fourth-order valence-corrected chi connectivity index (χ4v) is 1.73. The van der Waals surface area contributed by atoms with Crippen LogP contribution in [0.2, 0.25) is 0 Å². The van der Waals surface area contributed by atoms with Crippen LogP contribution in [0.4, 0.5) is 11.4 Å². The summed E-state index contributed by atoms with van der Waals surface area (Å²) in [5.41, 5.74) is 8.25. The van der Waals surface area contributed by atoms with Gasteiger partial charge in [0.05, 0.1) is 5.69 Å². The number of halogens is 1. The van der Waals surface area contributed by atoms with Crippen LogP contribution < -0.4 is 15.8 Å². The van der Waals surface area contributed by atoms with Crippen molar-refractivity contribution in [1.82, 2.24) is 0 Å². The Bertz CT molecular complexity index is 615. The van der Waals surface area contributed by atoms with Gasteiger partial charge in [-0.05, 0) is 36.8 Å². The van der Waals surface area contributed by atoms with Gasteiger partial charge in [0.25, 0.3) is 0 Å². The van der Waals surface area contributed by atoms with Gasteiger partial charge in [-0.1, -0.05) is 12.1 Å². The van der Waals surface area contributed by atoms with Crippen molar-refractivity contribution in [3.05, 3.63) is 48.0 Å². The average Bonchev–Trinajstić information content (AvgIpc) is 2.32. The van der Waals surface area contributed by atoms with Crippen LogP contribution in [0.25, 0.3) is 0 Å². The largest absolute Gasteiger partial charge is 0.455 e. The molecule has 3 N–H and O–H groups in total. The van der Waals surface area contributed by atoms with Gasteiger partial charge in [0.2, 0.25) is 5.91 Å². The smallest absolute Gasteiger partial charge is 0.221 e. The zero-order chi connectivity index (χ0) is 13.8. The minimum absolute atomic E-state index is 0. The van der Waals surface area contributed by atoms with E-state index in [2.05, 4.69) is 5.32 Å². The number of nitrogens with one attached hydrogen (secondary N) is 1. The second-order valence-electron chi connectivity index (χ2n) is 4.35. The van der Waals surface area contributed by atoms with Crippen LogP contribution in [-0.2, 0) is 4.79 Å². The molecule has 0 aliphatic carbocycles. The first kappa shape index (κ1) is 15.9. The van der Waals surface area contributed by atoms with Crippen molar-refractivity contribution >= 4 is 29.7 Å².